The van der Waals surface area contributed by atoms with Crippen molar-refractivity contribution in [2.75, 3.05) is 13.2 Å². The summed E-state index contributed by atoms with van der Waals surface area (Å²) in [5.74, 6) is 1.14. The molecule has 0 bridgehead atoms. The zero-order valence-electron chi connectivity index (χ0n) is 14.6. The Labute approximate surface area is 152 Å². The Morgan fingerprint density at radius 3 is 2.54 bits per heavy atom. The summed E-state index contributed by atoms with van der Waals surface area (Å²) in [6.07, 6.45) is 3.58. The molecule has 1 aliphatic carbocycles. The van der Waals surface area contributed by atoms with Gasteiger partial charge in [-0.05, 0) is 36.6 Å². The van der Waals surface area contributed by atoms with Gasteiger partial charge in [-0.25, -0.2) is 4.39 Å². The molecule has 0 unspecified atom stereocenters. The Morgan fingerprint density at radius 2 is 1.77 bits per heavy atom. The predicted octanol–water partition coefficient (Wildman–Crippen LogP) is 3.73. The highest BCUT2D eigenvalue weighted by Gasteiger charge is 2.42. The van der Waals surface area contributed by atoms with E-state index in [1.165, 1.54) is 12.1 Å². The highest BCUT2D eigenvalue weighted by Crippen LogP contribution is 2.41. The summed E-state index contributed by atoms with van der Waals surface area (Å²) in [6.45, 7) is 1.43. The summed E-state index contributed by atoms with van der Waals surface area (Å²) < 4.78 is 24.6. The van der Waals surface area contributed by atoms with Crippen LogP contribution in [0.2, 0.25) is 0 Å². The average Bonchev–Trinajstić information content (AvgIpc) is 3.18. The van der Waals surface area contributed by atoms with Crippen LogP contribution in [0.3, 0.4) is 0 Å². The van der Waals surface area contributed by atoms with Crippen LogP contribution in [0, 0.1) is 5.82 Å². The first-order valence-electron chi connectivity index (χ1n) is 9.11. The summed E-state index contributed by atoms with van der Waals surface area (Å²) in [7, 11) is 0. The van der Waals surface area contributed by atoms with Gasteiger partial charge in [0.1, 0.15) is 19.0 Å². The van der Waals surface area contributed by atoms with Crippen LogP contribution in [0.4, 0.5) is 4.39 Å². The number of fused-ring (bicyclic) bond motifs is 1. The molecule has 0 radical (unpaired) electrons. The fourth-order valence-electron chi connectivity index (χ4n) is 4.01. The largest absolute Gasteiger partial charge is 0.486 e. The van der Waals surface area contributed by atoms with Gasteiger partial charge in [0.2, 0.25) is 5.91 Å². The number of benzene rings is 2. The topological polar surface area (TPSA) is 47.6 Å². The van der Waals surface area contributed by atoms with Crippen molar-refractivity contribution in [1.29, 1.82) is 0 Å². The van der Waals surface area contributed by atoms with E-state index in [4.69, 9.17) is 9.47 Å². The zero-order chi connectivity index (χ0) is 18.0. The van der Waals surface area contributed by atoms with Crippen LogP contribution in [-0.2, 0) is 16.8 Å². The molecule has 1 aliphatic heterocycles. The molecule has 0 saturated heterocycles. The van der Waals surface area contributed by atoms with Gasteiger partial charge < -0.3 is 14.8 Å². The normalized spacial score (nSPS) is 17.7. The molecule has 0 atom stereocenters. The number of hydrogen-bond donors (Lipinski definition) is 1. The van der Waals surface area contributed by atoms with E-state index in [2.05, 4.69) is 5.32 Å². The minimum Gasteiger partial charge on any atom is -0.486 e. The molecule has 2 aliphatic rings. The Hall–Kier alpha value is -2.56. The van der Waals surface area contributed by atoms with Crippen LogP contribution in [-0.4, -0.2) is 19.1 Å². The summed E-state index contributed by atoms with van der Waals surface area (Å²) >= 11 is 0. The fourth-order valence-corrected chi connectivity index (χ4v) is 4.01. The van der Waals surface area contributed by atoms with Gasteiger partial charge >= 0.3 is 0 Å². The van der Waals surface area contributed by atoms with Gasteiger partial charge in [0, 0.05) is 12.1 Å². The number of rotatable bonds is 4. The van der Waals surface area contributed by atoms with Crippen LogP contribution in [0.5, 0.6) is 11.5 Å². The molecule has 1 fully saturated rings. The first-order valence-corrected chi connectivity index (χ1v) is 9.11. The van der Waals surface area contributed by atoms with E-state index >= 15 is 0 Å². The summed E-state index contributed by atoms with van der Waals surface area (Å²) in [6, 6.07) is 12.1. The van der Waals surface area contributed by atoms with E-state index < -0.39 is 5.41 Å². The fraction of sp³-hybridized carbons (Fsp3) is 0.381. The first-order chi connectivity index (χ1) is 12.7. The minimum atomic E-state index is -0.570. The van der Waals surface area contributed by atoms with E-state index in [0.29, 0.717) is 25.5 Å². The van der Waals surface area contributed by atoms with Crippen LogP contribution in [0.1, 0.15) is 36.8 Å². The standard InChI is InChI=1S/C21H22FNO3/c22-17-8-6-16(7-9-17)21(10-1-2-11-21)20(24)23-14-15-4-3-5-18-19(15)26-13-12-25-18/h3-9H,1-2,10-14H2,(H,23,24). The molecule has 5 heteroatoms. The van der Waals surface area contributed by atoms with Gasteiger partial charge in [0.15, 0.2) is 11.5 Å². The summed E-state index contributed by atoms with van der Waals surface area (Å²) in [4.78, 5) is 13.1. The third-order valence-electron chi connectivity index (χ3n) is 5.38. The van der Waals surface area contributed by atoms with Crippen molar-refractivity contribution >= 4 is 5.91 Å². The molecule has 0 spiro atoms. The molecule has 4 nitrogen and oxygen atoms in total. The van der Waals surface area contributed by atoms with E-state index in [1.54, 1.807) is 12.1 Å². The van der Waals surface area contributed by atoms with E-state index in [0.717, 1.165) is 42.6 Å². The van der Waals surface area contributed by atoms with E-state index in [1.807, 2.05) is 18.2 Å². The molecule has 1 heterocycles. The van der Waals surface area contributed by atoms with E-state index in [-0.39, 0.29) is 11.7 Å². The van der Waals surface area contributed by atoms with Crippen molar-refractivity contribution in [2.45, 2.75) is 37.6 Å². The van der Waals surface area contributed by atoms with Crippen molar-refractivity contribution in [3.8, 4) is 11.5 Å². The molecular weight excluding hydrogens is 333 g/mol. The maximum absolute atomic E-state index is 13.3. The van der Waals surface area contributed by atoms with Gasteiger partial charge in [-0.3, -0.25) is 4.79 Å². The Bertz CT molecular complexity index is 797. The molecule has 1 saturated carbocycles. The van der Waals surface area contributed by atoms with Crippen molar-refractivity contribution in [3.05, 3.63) is 59.4 Å². The van der Waals surface area contributed by atoms with Gasteiger partial charge in [0.25, 0.3) is 0 Å². The lowest BCUT2D eigenvalue weighted by Crippen LogP contribution is -2.42. The highest BCUT2D eigenvalue weighted by atomic mass is 19.1. The second kappa shape index (κ2) is 6.98. The molecule has 1 N–H and O–H groups in total. The molecule has 1 amide bonds. The van der Waals surface area contributed by atoms with E-state index in [9.17, 15) is 9.18 Å². The predicted molar refractivity (Wildman–Crippen MR) is 95.8 cm³/mol. The number of ether oxygens (including phenoxy) is 2. The Morgan fingerprint density at radius 1 is 1.04 bits per heavy atom. The monoisotopic (exact) mass is 355 g/mol. The van der Waals surface area contributed by atoms with Crippen molar-refractivity contribution in [1.82, 2.24) is 5.32 Å². The molecule has 4 rings (SSSR count). The highest BCUT2D eigenvalue weighted by molar-refractivity contribution is 5.88. The van der Waals surface area contributed by atoms with Crippen LogP contribution < -0.4 is 14.8 Å². The first kappa shape index (κ1) is 16.9. The maximum Gasteiger partial charge on any atom is 0.230 e. The lowest BCUT2D eigenvalue weighted by Gasteiger charge is -2.29. The number of carbonyl (C=O) groups is 1. The minimum absolute atomic E-state index is 0.00376. The third-order valence-corrected chi connectivity index (χ3v) is 5.38. The number of para-hydroxylation sites is 1. The van der Waals surface area contributed by atoms with Crippen molar-refractivity contribution in [2.24, 2.45) is 0 Å². The van der Waals surface area contributed by atoms with Crippen LogP contribution >= 0.6 is 0 Å². The zero-order valence-corrected chi connectivity index (χ0v) is 14.6. The Balaban J connectivity index is 1.54. The molecule has 26 heavy (non-hydrogen) atoms. The van der Waals surface area contributed by atoms with Crippen LogP contribution in [0.25, 0.3) is 0 Å². The molecule has 0 aromatic heterocycles. The summed E-state index contributed by atoms with van der Waals surface area (Å²) in [5, 5.41) is 3.08. The van der Waals surface area contributed by atoms with Crippen LogP contribution in [0.15, 0.2) is 42.5 Å². The number of halogens is 1. The molecule has 2 aromatic carbocycles. The number of nitrogens with one attached hydrogen (secondary N) is 1. The lowest BCUT2D eigenvalue weighted by molar-refractivity contribution is -0.126. The van der Waals surface area contributed by atoms with Gasteiger partial charge in [-0.2, -0.15) is 0 Å². The number of carbonyl (C=O) groups excluding carboxylic acids is 1. The molecule has 136 valence electrons. The van der Waals surface area contributed by atoms with Crippen molar-refractivity contribution < 1.29 is 18.7 Å². The SMILES string of the molecule is O=C(NCc1cccc2c1OCCO2)C1(c2ccc(F)cc2)CCCC1. The summed E-state index contributed by atoms with van der Waals surface area (Å²) in [5.41, 5.74) is 1.23. The lowest BCUT2D eigenvalue weighted by atomic mass is 9.78. The Kier molecular flexibility index (Phi) is 4.53. The third kappa shape index (κ3) is 3.02. The maximum atomic E-state index is 13.3. The molecule has 2 aromatic rings. The second-order valence-corrected chi connectivity index (χ2v) is 6.92. The quantitative estimate of drug-likeness (QED) is 0.909. The van der Waals surface area contributed by atoms with Crippen molar-refractivity contribution in [3.63, 3.8) is 0 Å². The smallest absolute Gasteiger partial charge is 0.230 e. The van der Waals surface area contributed by atoms with Gasteiger partial charge in [-0.1, -0.05) is 37.1 Å². The second-order valence-electron chi connectivity index (χ2n) is 6.92. The van der Waals surface area contributed by atoms with Gasteiger partial charge in [0.05, 0.1) is 5.41 Å². The number of amides is 1. The molecular formula is C21H22FNO3. The van der Waals surface area contributed by atoms with Gasteiger partial charge in [-0.15, -0.1) is 0 Å². The number of hydrogen-bond acceptors (Lipinski definition) is 3. The average molecular weight is 355 g/mol.